The van der Waals surface area contributed by atoms with Crippen LogP contribution < -0.4 is 5.73 Å². The van der Waals surface area contributed by atoms with Gasteiger partial charge in [0, 0.05) is 5.41 Å². The van der Waals surface area contributed by atoms with Crippen LogP contribution in [0.2, 0.25) is 0 Å². The van der Waals surface area contributed by atoms with Crippen LogP contribution in [0.5, 0.6) is 0 Å². The van der Waals surface area contributed by atoms with Crippen LogP contribution >= 0.6 is 0 Å². The number of alkyl halides is 1. The summed E-state index contributed by atoms with van der Waals surface area (Å²) in [6.45, 7) is 3.59. The standard InChI is InChI=1S/C8H16FNO/c1-2-8(5-11-6-8)7(9)3-4-10/h7H,2-6,10H2,1H3. The van der Waals surface area contributed by atoms with E-state index in [4.69, 9.17) is 10.5 Å². The van der Waals surface area contributed by atoms with Gasteiger partial charge in [0.1, 0.15) is 6.17 Å². The molecule has 1 heterocycles. The Hall–Kier alpha value is -0.150. The van der Waals surface area contributed by atoms with E-state index in [1.807, 2.05) is 6.92 Å². The Bertz CT molecular complexity index is 120. The number of halogens is 1. The molecule has 0 aromatic carbocycles. The second-order valence-corrected chi connectivity index (χ2v) is 3.25. The molecule has 0 aliphatic carbocycles. The predicted octanol–water partition coefficient (Wildman–Crippen LogP) is 1.10. The van der Waals surface area contributed by atoms with Gasteiger partial charge in [-0.3, -0.25) is 0 Å². The first kappa shape index (κ1) is 8.94. The first-order valence-corrected chi connectivity index (χ1v) is 4.17. The van der Waals surface area contributed by atoms with Crippen LogP contribution in [0.25, 0.3) is 0 Å². The van der Waals surface area contributed by atoms with E-state index in [9.17, 15) is 4.39 Å². The molecule has 0 saturated carbocycles. The Labute approximate surface area is 66.9 Å². The van der Waals surface area contributed by atoms with Crippen molar-refractivity contribution in [1.29, 1.82) is 0 Å². The highest BCUT2D eigenvalue weighted by Gasteiger charge is 2.44. The summed E-state index contributed by atoms with van der Waals surface area (Å²) in [4.78, 5) is 0. The van der Waals surface area contributed by atoms with Crippen LogP contribution in [0.4, 0.5) is 4.39 Å². The van der Waals surface area contributed by atoms with Crippen molar-refractivity contribution in [2.45, 2.75) is 25.9 Å². The van der Waals surface area contributed by atoms with E-state index in [1.165, 1.54) is 0 Å². The minimum atomic E-state index is -0.772. The number of ether oxygens (including phenoxy) is 1. The normalized spacial score (nSPS) is 24.3. The third kappa shape index (κ3) is 1.54. The minimum absolute atomic E-state index is 0.195. The fourth-order valence-electron chi connectivity index (χ4n) is 1.42. The summed E-state index contributed by atoms with van der Waals surface area (Å²) in [5, 5.41) is 0. The second kappa shape index (κ2) is 3.50. The van der Waals surface area contributed by atoms with Gasteiger partial charge in [-0.25, -0.2) is 4.39 Å². The number of nitrogens with two attached hydrogens (primary N) is 1. The first-order valence-electron chi connectivity index (χ1n) is 4.17. The fourth-order valence-corrected chi connectivity index (χ4v) is 1.42. The summed E-state index contributed by atoms with van der Waals surface area (Å²) in [6.07, 6.45) is 0.553. The molecule has 1 fully saturated rings. The molecule has 0 radical (unpaired) electrons. The van der Waals surface area contributed by atoms with Crippen molar-refractivity contribution in [1.82, 2.24) is 0 Å². The average molecular weight is 161 g/mol. The van der Waals surface area contributed by atoms with E-state index in [2.05, 4.69) is 0 Å². The lowest BCUT2D eigenvalue weighted by molar-refractivity contribution is -0.154. The van der Waals surface area contributed by atoms with Crippen LogP contribution in [0.3, 0.4) is 0 Å². The Morgan fingerprint density at radius 3 is 2.55 bits per heavy atom. The van der Waals surface area contributed by atoms with Crippen LogP contribution in [-0.2, 0) is 4.74 Å². The van der Waals surface area contributed by atoms with Gasteiger partial charge in [-0.2, -0.15) is 0 Å². The van der Waals surface area contributed by atoms with Crippen LogP contribution in [0.1, 0.15) is 19.8 Å². The summed E-state index contributed by atoms with van der Waals surface area (Å²) in [5.41, 5.74) is 5.08. The molecule has 1 aliphatic rings. The summed E-state index contributed by atoms with van der Waals surface area (Å²) < 4.78 is 18.4. The molecule has 1 aliphatic heterocycles. The van der Waals surface area contributed by atoms with Gasteiger partial charge in [-0.05, 0) is 19.4 Å². The minimum Gasteiger partial charge on any atom is -0.380 e. The molecule has 2 nitrogen and oxygen atoms in total. The lowest BCUT2D eigenvalue weighted by Crippen LogP contribution is -2.49. The molecule has 11 heavy (non-hydrogen) atoms. The van der Waals surface area contributed by atoms with E-state index < -0.39 is 6.17 Å². The molecule has 1 unspecified atom stereocenters. The van der Waals surface area contributed by atoms with Gasteiger partial charge in [0.2, 0.25) is 0 Å². The largest absolute Gasteiger partial charge is 0.380 e. The molecule has 66 valence electrons. The van der Waals surface area contributed by atoms with Crippen molar-refractivity contribution >= 4 is 0 Å². The zero-order chi connectivity index (χ0) is 8.32. The summed E-state index contributed by atoms with van der Waals surface area (Å²) in [7, 11) is 0. The Morgan fingerprint density at radius 2 is 2.27 bits per heavy atom. The van der Waals surface area contributed by atoms with Crippen molar-refractivity contribution in [2.24, 2.45) is 11.1 Å². The molecular formula is C8H16FNO. The van der Waals surface area contributed by atoms with Crippen molar-refractivity contribution in [2.75, 3.05) is 19.8 Å². The molecule has 0 aromatic heterocycles. The summed E-state index contributed by atoms with van der Waals surface area (Å²) in [6, 6.07) is 0. The quantitative estimate of drug-likeness (QED) is 0.670. The van der Waals surface area contributed by atoms with E-state index in [0.717, 1.165) is 6.42 Å². The highest BCUT2D eigenvalue weighted by molar-refractivity contribution is 4.91. The molecule has 0 aromatic rings. The van der Waals surface area contributed by atoms with Gasteiger partial charge in [0.05, 0.1) is 13.2 Å². The van der Waals surface area contributed by atoms with E-state index in [-0.39, 0.29) is 5.41 Å². The molecule has 3 heteroatoms. The number of rotatable bonds is 4. The molecule has 0 spiro atoms. The molecule has 1 rings (SSSR count). The fraction of sp³-hybridized carbons (Fsp3) is 1.00. The Morgan fingerprint density at radius 1 is 1.64 bits per heavy atom. The molecule has 0 bridgehead atoms. The van der Waals surface area contributed by atoms with Gasteiger partial charge in [0.15, 0.2) is 0 Å². The third-order valence-electron chi connectivity index (χ3n) is 2.57. The molecule has 0 amide bonds. The Kier molecular flexibility index (Phi) is 2.84. The van der Waals surface area contributed by atoms with Crippen LogP contribution in [0, 0.1) is 5.41 Å². The van der Waals surface area contributed by atoms with E-state index in [0.29, 0.717) is 26.2 Å². The van der Waals surface area contributed by atoms with Gasteiger partial charge in [0.25, 0.3) is 0 Å². The lowest BCUT2D eigenvalue weighted by atomic mass is 9.77. The molecule has 1 atom stereocenters. The number of hydrogen-bond donors (Lipinski definition) is 1. The maximum absolute atomic E-state index is 13.3. The van der Waals surface area contributed by atoms with Crippen molar-refractivity contribution in [3.05, 3.63) is 0 Å². The summed E-state index contributed by atoms with van der Waals surface area (Å²) >= 11 is 0. The highest BCUT2D eigenvalue weighted by atomic mass is 19.1. The highest BCUT2D eigenvalue weighted by Crippen LogP contribution is 2.37. The van der Waals surface area contributed by atoms with Crippen molar-refractivity contribution < 1.29 is 9.13 Å². The molecule has 1 saturated heterocycles. The maximum atomic E-state index is 13.3. The van der Waals surface area contributed by atoms with Crippen molar-refractivity contribution in [3.8, 4) is 0 Å². The second-order valence-electron chi connectivity index (χ2n) is 3.25. The first-order chi connectivity index (χ1) is 5.25. The predicted molar refractivity (Wildman–Crippen MR) is 42.1 cm³/mol. The molecular weight excluding hydrogens is 145 g/mol. The van der Waals surface area contributed by atoms with Crippen molar-refractivity contribution in [3.63, 3.8) is 0 Å². The molecule has 2 N–H and O–H groups in total. The Balaban J connectivity index is 2.40. The van der Waals surface area contributed by atoms with Gasteiger partial charge in [-0.1, -0.05) is 6.92 Å². The van der Waals surface area contributed by atoms with Crippen LogP contribution in [-0.4, -0.2) is 25.9 Å². The topological polar surface area (TPSA) is 35.2 Å². The smallest absolute Gasteiger partial charge is 0.111 e. The SMILES string of the molecule is CCC1(C(F)CCN)COC1. The lowest BCUT2D eigenvalue weighted by Gasteiger charge is -2.43. The van der Waals surface area contributed by atoms with Gasteiger partial charge < -0.3 is 10.5 Å². The van der Waals surface area contributed by atoms with Gasteiger partial charge >= 0.3 is 0 Å². The zero-order valence-corrected chi connectivity index (χ0v) is 6.98. The monoisotopic (exact) mass is 161 g/mol. The summed E-state index contributed by atoms with van der Waals surface area (Å²) in [5.74, 6) is 0. The average Bonchev–Trinajstić information content (AvgIpc) is 1.87. The van der Waals surface area contributed by atoms with Crippen LogP contribution in [0.15, 0.2) is 0 Å². The number of hydrogen-bond acceptors (Lipinski definition) is 2. The van der Waals surface area contributed by atoms with E-state index in [1.54, 1.807) is 0 Å². The third-order valence-corrected chi connectivity index (χ3v) is 2.57. The maximum Gasteiger partial charge on any atom is 0.111 e. The zero-order valence-electron chi connectivity index (χ0n) is 6.98. The van der Waals surface area contributed by atoms with E-state index >= 15 is 0 Å². The van der Waals surface area contributed by atoms with Gasteiger partial charge in [-0.15, -0.1) is 0 Å².